The monoisotopic (exact) mass is 303 g/mol. The Kier molecular flexibility index (Phi) is 4.07. The van der Waals surface area contributed by atoms with Crippen LogP contribution in [0.5, 0.6) is 5.88 Å². The van der Waals surface area contributed by atoms with Crippen LogP contribution in [0.1, 0.15) is 11.1 Å². The van der Waals surface area contributed by atoms with E-state index in [9.17, 15) is 19.5 Å². The number of aromatic nitrogens is 2. The molecule has 5 N–H and O–H groups in total. The lowest BCUT2D eigenvalue weighted by Crippen LogP contribution is -2.32. The van der Waals surface area contributed by atoms with Gasteiger partial charge in [-0.2, -0.15) is 5.10 Å². The molecule has 1 aromatic carbocycles. The molecule has 2 aromatic rings. The van der Waals surface area contributed by atoms with Crippen molar-refractivity contribution in [2.24, 2.45) is 10.8 Å². The Balaban J connectivity index is 2.65. The number of primary amides is 1. The van der Waals surface area contributed by atoms with E-state index in [-0.39, 0.29) is 5.56 Å². The number of hydrogen-bond acceptors (Lipinski definition) is 5. The number of hydrazone groups is 1. The third-order valence-electron chi connectivity index (χ3n) is 2.85. The van der Waals surface area contributed by atoms with Crippen molar-refractivity contribution in [1.82, 2.24) is 15.0 Å². The molecule has 0 radical (unpaired) electrons. The first kappa shape index (κ1) is 15.0. The number of urea groups is 1. The summed E-state index contributed by atoms with van der Waals surface area (Å²) in [6, 6.07) is 5.87. The first-order valence-electron chi connectivity index (χ1n) is 6.14. The summed E-state index contributed by atoms with van der Waals surface area (Å²) in [6.07, 6.45) is 0.896. The van der Waals surface area contributed by atoms with Crippen molar-refractivity contribution >= 4 is 12.2 Å². The van der Waals surface area contributed by atoms with Gasteiger partial charge in [0.1, 0.15) is 5.56 Å². The summed E-state index contributed by atoms with van der Waals surface area (Å²) < 4.78 is 0.933. The van der Waals surface area contributed by atoms with E-state index in [1.54, 1.807) is 31.2 Å². The maximum absolute atomic E-state index is 12.0. The number of carbonyl (C=O) groups is 1. The van der Waals surface area contributed by atoms with Crippen LogP contribution < -0.4 is 22.4 Å². The van der Waals surface area contributed by atoms with Crippen LogP contribution >= 0.6 is 0 Å². The van der Waals surface area contributed by atoms with E-state index in [1.165, 1.54) is 0 Å². The topological polar surface area (TPSA) is 143 Å². The van der Waals surface area contributed by atoms with E-state index < -0.39 is 23.2 Å². The summed E-state index contributed by atoms with van der Waals surface area (Å²) in [7, 11) is 0. The number of aromatic hydroxyl groups is 1. The number of aryl methyl sites for hydroxylation is 1. The zero-order valence-electron chi connectivity index (χ0n) is 11.5. The summed E-state index contributed by atoms with van der Waals surface area (Å²) in [5.41, 5.74) is 5.90. The van der Waals surface area contributed by atoms with Gasteiger partial charge in [-0.25, -0.2) is 19.6 Å². The average Bonchev–Trinajstić information content (AvgIpc) is 2.44. The fourth-order valence-electron chi connectivity index (χ4n) is 1.85. The van der Waals surface area contributed by atoms with Gasteiger partial charge in [-0.3, -0.25) is 9.78 Å². The predicted molar refractivity (Wildman–Crippen MR) is 79.4 cm³/mol. The first-order valence-corrected chi connectivity index (χ1v) is 6.14. The second kappa shape index (κ2) is 5.95. The van der Waals surface area contributed by atoms with Crippen LogP contribution in [0.2, 0.25) is 0 Å². The molecular weight excluding hydrogens is 290 g/mol. The van der Waals surface area contributed by atoms with Crippen molar-refractivity contribution < 1.29 is 9.90 Å². The molecule has 0 fully saturated rings. The molecule has 0 spiro atoms. The summed E-state index contributed by atoms with van der Waals surface area (Å²) in [4.78, 5) is 36.3. The number of hydrogen-bond donors (Lipinski definition) is 4. The predicted octanol–water partition coefficient (Wildman–Crippen LogP) is -0.458. The maximum atomic E-state index is 12.0. The fourth-order valence-corrected chi connectivity index (χ4v) is 1.85. The number of para-hydroxylation sites is 1. The number of aromatic amines is 1. The number of benzene rings is 1. The molecule has 0 atom stereocenters. The maximum Gasteiger partial charge on any atom is 0.335 e. The van der Waals surface area contributed by atoms with Crippen LogP contribution in [0.25, 0.3) is 5.69 Å². The Labute approximate surface area is 123 Å². The van der Waals surface area contributed by atoms with Gasteiger partial charge in [-0.1, -0.05) is 18.2 Å². The second-order valence-electron chi connectivity index (χ2n) is 4.35. The molecule has 0 saturated carbocycles. The molecule has 9 nitrogen and oxygen atoms in total. The van der Waals surface area contributed by atoms with Gasteiger partial charge < -0.3 is 10.8 Å². The number of nitrogens with zero attached hydrogens (tertiary/aromatic N) is 2. The number of nitrogens with two attached hydrogens (primary N) is 1. The highest BCUT2D eigenvalue weighted by Gasteiger charge is 2.15. The van der Waals surface area contributed by atoms with Crippen LogP contribution in [0.3, 0.4) is 0 Å². The Morgan fingerprint density at radius 2 is 2.09 bits per heavy atom. The van der Waals surface area contributed by atoms with Crippen LogP contribution in [0.4, 0.5) is 4.79 Å². The third kappa shape index (κ3) is 2.87. The van der Waals surface area contributed by atoms with Crippen molar-refractivity contribution in [2.45, 2.75) is 6.92 Å². The minimum absolute atomic E-state index is 0.295. The fraction of sp³-hybridized carbons (Fsp3) is 0.0769. The normalized spacial score (nSPS) is 10.8. The molecule has 1 aromatic heterocycles. The van der Waals surface area contributed by atoms with Crippen molar-refractivity contribution in [3.05, 3.63) is 56.2 Å². The number of H-pyrrole nitrogens is 1. The van der Waals surface area contributed by atoms with Crippen LogP contribution in [-0.2, 0) is 0 Å². The zero-order valence-corrected chi connectivity index (χ0v) is 11.5. The van der Waals surface area contributed by atoms with E-state index in [0.29, 0.717) is 11.3 Å². The summed E-state index contributed by atoms with van der Waals surface area (Å²) >= 11 is 0. The molecule has 0 aliphatic heterocycles. The van der Waals surface area contributed by atoms with Crippen LogP contribution in [0.15, 0.2) is 39.0 Å². The Bertz CT molecular complexity index is 865. The van der Waals surface area contributed by atoms with Gasteiger partial charge in [0.05, 0.1) is 11.9 Å². The van der Waals surface area contributed by atoms with E-state index in [1.807, 2.05) is 5.43 Å². The highest BCUT2D eigenvalue weighted by Crippen LogP contribution is 2.18. The molecule has 0 aliphatic carbocycles. The first-order chi connectivity index (χ1) is 10.4. The van der Waals surface area contributed by atoms with Crippen molar-refractivity contribution in [3.8, 4) is 11.6 Å². The zero-order chi connectivity index (χ0) is 16.3. The standard InChI is InChI=1S/C13H13N5O4/c1-7-4-2-3-5-9(7)18-11(20)8(6-15-17-12(14)21)10(19)16-13(18)22/h2-6,20H,1H3,(H3,14,17,21)(H,16,19,22)/b15-6+. The van der Waals surface area contributed by atoms with Gasteiger partial charge in [0, 0.05) is 0 Å². The highest BCUT2D eigenvalue weighted by molar-refractivity contribution is 5.83. The summed E-state index contributed by atoms with van der Waals surface area (Å²) in [5.74, 6) is -0.599. The van der Waals surface area contributed by atoms with Gasteiger partial charge in [-0.15, -0.1) is 0 Å². The summed E-state index contributed by atoms with van der Waals surface area (Å²) in [6.45, 7) is 1.74. The molecule has 0 saturated heterocycles. The SMILES string of the molecule is Cc1ccccc1-n1c(O)c(/C=N/NC(N)=O)c(=O)[nH]c1=O. The number of rotatable bonds is 3. The smallest absolute Gasteiger partial charge is 0.335 e. The van der Waals surface area contributed by atoms with E-state index in [0.717, 1.165) is 10.8 Å². The summed E-state index contributed by atoms with van der Waals surface area (Å²) in [5, 5.41) is 13.6. The van der Waals surface area contributed by atoms with Crippen LogP contribution in [0, 0.1) is 6.92 Å². The minimum atomic E-state index is -0.931. The number of carbonyl (C=O) groups excluding carboxylic acids is 1. The molecule has 1 heterocycles. The quantitative estimate of drug-likeness (QED) is 0.449. The lowest BCUT2D eigenvalue weighted by atomic mass is 10.2. The van der Waals surface area contributed by atoms with Gasteiger partial charge in [0.15, 0.2) is 0 Å². The molecule has 0 unspecified atom stereocenters. The second-order valence-corrected chi connectivity index (χ2v) is 4.35. The van der Waals surface area contributed by atoms with Gasteiger partial charge in [-0.05, 0) is 18.6 Å². The molecule has 9 heteroatoms. The number of amides is 2. The van der Waals surface area contributed by atoms with Gasteiger partial charge in [0.25, 0.3) is 5.56 Å². The Hall–Kier alpha value is -3.36. The lowest BCUT2D eigenvalue weighted by Gasteiger charge is -2.11. The van der Waals surface area contributed by atoms with Gasteiger partial charge >= 0.3 is 11.7 Å². The van der Waals surface area contributed by atoms with Crippen LogP contribution in [-0.4, -0.2) is 26.9 Å². The van der Waals surface area contributed by atoms with E-state index in [2.05, 4.69) is 10.1 Å². The van der Waals surface area contributed by atoms with Crippen molar-refractivity contribution in [1.29, 1.82) is 0 Å². The Morgan fingerprint density at radius 1 is 1.41 bits per heavy atom. The molecule has 2 amide bonds. The average molecular weight is 303 g/mol. The largest absolute Gasteiger partial charge is 0.493 e. The minimum Gasteiger partial charge on any atom is -0.493 e. The van der Waals surface area contributed by atoms with Crippen molar-refractivity contribution in [2.75, 3.05) is 0 Å². The Morgan fingerprint density at radius 3 is 2.73 bits per heavy atom. The van der Waals surface area contributed by atoms with E-state index in [4.69, 9.17) is 5.73 Å². The molecule has 0 bridgehead atoms. The van der Waals surface area contributed by atoms with Crippen molar-refractivity contribution in [3.63, 3.8) is 0 Å². The number of nitrogens with one attached hydrogen (secondary N) is 2. The molecule has 2 rings (SSSR count). The third-order valence-corrected chi connectivity index (χ3v) is 2.85. The molecular formula is C13H13N5O4. The molecule has 114 valence electrons. The lowest BCUT2D eigenvalue weighted by molar-refractivity contribution is 0.249. The van der Waals surface area contributed by atoms with E-state index >= 15 is 0 Å². The molecule has 22 heavy (non-hydrogen) atoms. The van der Waals surface area contributed by atoms with Gasteiger partial charge in [0.2, 0.25) is 5.88 Å². The molecule has 0 aliphatic rings. The highest BCUT2D eigenvalue weighted by atomic mass is 16.3.